The van der Waals surface area contributed by atoms with Crippen LogP contribution in [0.5, 0.6) is 0 Å². The summed E-state index contributed by atoms with van der Waals surface area (Å²) in [7, 11) is 0. The Morgan fingerprint density at radius 2 is 1.95 bits per heavy atom. The number of fused-ring (bicyclic) bond motifs is 1. The highest BCUT2D eigenvalue weighted by Crippen LogP contribution is 2.28. The molecule has 1 aromatic carbocycles. The summed E-state index contributed by atoms with van der Waals surface area (Å²) >= 11 is 0. The molecule has 0 fully saturated rings. The van der Waals surface area contributed by atoms with Gasteiger partial charge in [-0.2, -0.15) is 5.10 Å². The second-order valence-electron chi connectivity index (χ2n) is 4.86. The van der Waals surface area contributed by atoms with Crippen molar-refractivity contribution in [2.45, 2.75) is 13.1 Å². The van der Waals surface area contributed by atoms with Crippen LogP contribution in [0.1, 0.15) is 27.2 Å². The Balaban J connectivity index is 1.82. The smallest absolute Gasteiger partial charge is 0.366 e. The van der Waals surface area contributed by atoms with Crippen molar-refractivity contribution in [1.82, 2.24) is 15.1 Å². The number of hydrogen-bond acceptors (Lipinski definition) is 3. The third-order valence-electron chi connectivity index (χ3n) is 3.40. The summed E-state index contributed by atoms with van der Waals surface area (Å²) < 4.78 is 0. The normalized spacial score (nSPS) is 12.5. The number of benzene rings is 1. The number of hydrogen-bond donors (Lipinski definition) is 3. The Hall–Kier alpha value is -3.34. The average Bonchev–Trinajstić information content (AvgIpc) is 3.06. The predicted octanol–water partition coefficient (Wildman–Crippen LogP) is 0.916. The first-order valence-corrected chi connectivity index (χ1v) is 6.51. The number of carbonyl (C=O) groups is 2. The lowest BCUT2D eigenvalue weighted by atomic mass is 10.1. The van der Waals surface area contributed by atoms with Crippen molar-refractivity contribution >= 4 is 17.8 Å². The molecule has 0 radical (unpaired) electrons. The van der Waals surface area contributed by atoms with E-state index in [1.54, 1.807) is 24.3 Å². The van der Waals surface area contributed by atoms with Crippen LogP contribution in [0.25, 0.3) is 4.85 Å². The summed E-state index contributed by atoms with van der Waals surface area (Å²) in [6, 6.07) is 8.94. The standard InChI is InChI=1S/C14H12N6O2/c15-12(21)9-3-1-8(2-4-9)5-17-13-10-6-20(14(16)22)7-11(10)18-19-13/h1-4H,6-7H2,(H4-,15,16,18,19,21,22)/p+1. The Morgan fingerprint density at radius 1 is 1.23 bits per heavy atom. The lowest BCUT2D eigenvalue weighted by Gasteiger charge is -2.09. The number of primary amides is 2. The number of nitrogens with two attached hydrogens (primary N) is 2. The zero-order valence-corrected chi connectivity index (χ0v) is 11.5. The van der Waals surface area contributed by atoms with E-state index in [-0.39, 0.29) is 0 Å². The van der Waals surface area contributed by atoms with Gasteiger partial charge in [0.1, 0.15) is 5.56 Å². The van der Waals surface area contributed by atoms with Crippen LogP contribution in [0.4, 0.5) is 10.6 Å². The fraction of sp³-hybridized carbons (Fsp3) is 0.143. The van der Waals surface area contributed by atoms with Crippen molar-refractivity contribution in [2.24, 2.45) is 11.5 Å². The van der Waals surface area contributed by atoms with Gasteiger partial charge in [0.25, 0.3) is 0 Å². The first kappa shape index (κ1) is 13.6. The molecule has 0 spiro atoms. The minimum absolute atomic E-state index is 0.377. The van der Waals surface area contributed by atoms with Gasteiger partial charge in [-0.25, -0.2) is 4.79 Å². The quantitative estimate of drug-likeness (QED) is 0.725. The van der Waals surface area contributed by atoms with Crippen LogP contribution in [0, 0.1) is 6.07 Å². The molecule has 22 heavy (non-hydrogen) atoms. The zero-order valence-electron chi connectivity index (χ0n) is 11.5. The van der Waals surface area contributed by atoms with Crippen molar-refractivity contribution in [3.05, 3.63) is 51.5 Å². The molecule has 0 bridgehead atoms. The molecular formula is C14H13N6O2+. The second-order valence-corrected chi connectivity index (χ2v) is 4.86. The van der Waals surface area contributed by atoms with E-state index in [0.29, 0.717) is 30.0 Å². The van der Waals surface area contributed by atoms with Crippen molar-refractivity contribution < 1.29 is 9.59 Å². The van der Waals surface area contributed by atoms with Gasteiger partial charge in [-0.05, 0) is 24.3 Å². The molecule has 0 saturated heterocycles. The number of rotatable bonds is 1. The molecule has 1 aromatic heterocycles. The molecule has 2 aromatic rings. The van der Waals surface area contributed by atoms with Crippen LogP contribution in [-0.4, -0.2) is 27.0 Å². The van der Waals surface area contributed by atoms with Crippen molar-refractivity contribution in [2.75, 3.05) is 0 Å². The van der Waals surface area contributed by atoms with Gasteiger partial charge in [0.15, 0.2) is 6.07 Å². The number of carbonyl (C=O) groups excluding carboxylic acids is 2. The summed E-state index contributed by atoms with van der Waals surface area (Å²) in [6.45, 7) is 0.781. The van der Waals surface area contributed by atoms with E-state index >= 15 is 0 Å². The molecular weight excluding hydrogens is 284 g/mol. The van der Waals surface area contributed by atoms with Gasteiger partial charge in [0.2, 0.25) is 5.91 Å². The van der Waals surface area contributed by atoms with E-state index in [1.165, 1.54) is 4.90 Å². The maximum Gasteiger partial charge on any atom is 0.455 e. The highest BCUT2D eigenvalue weighted by molar-refractivity contribution is 5.92. The van der Waals surface area contributed by atoms with Crippen molar-refractivity contribution in [1.29, 1.82) is 0 Å². The lowest BCUT2D eigenvalue weighted by molar-refractivity contribution is 0.1000. The third kappa shape index (κ3) is 2.47. The molecule has 0 saturated carbocycles. The maximum absolute atomic E-state index is 11.2. The van der Waals surface area contributed by atoms with Crippen LogP contribution in [0.3, 0.4) is 0 Å². The number of nitrogens with zero attached hydrogens (tertiary/aromatic N) is 3. The summed E-state index contributed by atoms with van der Waals surface area (Å²) in [5.74, 6) is -0.0159. The molecule has 3 amide bonds. The van der Waals surface area contributed by atoms with Crippen LogP contribution in [-0.2, 0) is 13.1 Å². The van der Waals surface area contributed by atoms with Gasteiger partial charge in [-0.15, -0.1) is 4.85 Å². The Morgan fingerprint density at radius 3 is 2.59 bits per heavy atom. The van der Waals surface area contributed by atoms with E-state index in [9.17, 15) is 9.59 Å². The summed E-state index contributed by atoms with van der Waals surface area (Å²) in [6.07, 6.45) is 0. The SMILES string of the molecule is NC(=O)c1ccc(C#[N+]c2n[nH]c3c2CN(C(N)=O)C3)cc1. The van der Waals surface area contributed by atoms with Gasteiger partial charge < -0.3 is 16.4 Å². The number of urea groups is 1. The number of aromatic amines is 1. The highest BCUT2D eigenvalue weighted by Gasteiger charge is 2.32. The largest absolute Gasteiger partial charge is 0.455 e. The molecule has 2 heterocycles. The fourth-order valence-electron chi connectivity index (χ4n) is 2.20. The van der Waals surface area contributed by atoms with Gasteiger partial charge in [-0.1, -0.05) is 0 Å². The van der Waals surface area contributed by atoms with Crippen LogP contribution < -0.4 is 11.5 Å². The number of aromatic nitrogens is 2. The molecule has 8 nitrogen and oxygen atoms in total. The second kappa shape index (κ2) is 5.21. The van der Waals surface area contributed by atoms with Gasteiger partial charge in [0.05, 0.1) is 29.4 Å². The van der Waals surface area contributed by atoms with E-state index in [1.807, 2.05) is 0 Å². The number of H-pyrrole nitrogens is 1. The topological polar surface area (TPSA) is 122 Å². The first-order chi connectivity index (χ1) is 10.5. The molecule has 5 N–H and O–H groups in total. The third-order valence-corrected chi connectivity index (χ3v) is 3.40. The minimum atomic E-state index is -0.486. The van der Waals surface area contributed by atoms with Crippen molar-refractivity contribution in [3.8, 4) is 6.07 Å². The van der Waals surface area contributed by atoms with E-state index in [4.69, 9.17) is 11.5 Å². The first-order valence-electron chi connectivity index (χ1n) is 6.51. The minimum Gasteiger partial charge on any atom is -0.366 e. The predicted molar refractivity (Wildman–Crippen MR) is 78.4 cm³/mol. The number of amides is 3. The van der Waals surface area contributed by atoms with Gasteiger partial charge in [0, 0.05) is 5.56 Å². The molecule has 8 heteroatoms. The zero-order chi connectivity index (χ0) is 15.7. The van der Waals surface area contributed by atoms with E-state index in [0.717, 1.165) is 11.3 Å². The van der Waals surface area contributed by atoms with E-state index in [2.05, 4.69) is 21.1 Å². The Bertz CT molecular complexity index is 812. The summed E-state index contributed by atoms with van der Waals surface area (Å²) in [4.78, 5) is 27.8. The molecule has 1 aliphatic rings. The lowest BCUT2D eigenvalue weighted by Crippen LogP contribution is -2.30. The average molecular weight is 297 g/mol. The molecule has 110 valence electrons. The molecule has 0 unspecified atom stereocenters. The van der Waals surface area contributed by atoms with Gasteiger partial charge in [-0.3, -0.25) is 4.79 Å². The summed E-state index contributed by atoms with van der Waals surface area (Å²) in [5, 5.41) is 6.92. The Labute approximate surface area is 125 Å². The van der Waals surface area contributed by atoms with Crippen molar-refractivity contribution in [3.63, 3.8) is 0 Å². The summed E-state index contributed by atoms with van der Waals surface area (Å²) in [5.41, 5.74) is 13.2. The number of nitrogens with one attached hydrogen (secondary N) is 1. The molecule has 0 aliphatic carbocycles. The van der Waals surface area contributed by atoms with E-state index < -0.39 is 11.9 Å². The van der Waals surface area contributed by atoms with Crippen LogP contribution >= 0.6 is 0 Å². The van der Waals surface area contributed by atoms with Crippen LogP contribution in [0.15, 0.2) is 24.3 Å². The maximum atomic E-state index is 11.2. The fourth-order valence-corrected chi connectivity index (χ4v) is 2.20. The monoisotopic (exact) mass is 297 g/mol. The Kier molecular flexibility index (Phi) is 3.23. The van der Waals surface area contributed by atoms with Crippen LogP contribution in [0.2, 0.25) is 0 Å². The molecule has 3 rings (SSSR count). The highest BCUT2D eigenvalue weighted by atomic mass is 16.2. The molecule has 1 aliphatic heterocycles. The van der Waals surface area contributed by atoms with Gasteiger partial charge >= 0.3 is 11.8 Å². The molecule has 0 atom stereocenters.